The third-order valence-corrected chi connectivity index (χ3v) is 2.79. The Morgan fingerprint density at radius 2 is 2.00 bits per heavy atom. The van der Waals surface area contributed by atoms with Crippen molar-refractivity contribution in [3.63, 3.8) is 0 Å². The monoisotopic (exact) mass is 256 g/mol. The molecule has 6 nitrogen and oxygen atoms in total. The highest BCUT2D eigenvalue weighted by molar-refractivity contribution is 7.07. The summed E-state index contributed by atoms with van der Waals surface area (Å²) in [4.78, 5) is 37.6. The number of esters is 1. The van der Waals surface area contributed by atoms with Crippen molar-refractivity contribution in [1.29, 1.82) is 0 Å². The lowest BCUT2D eigenvalue weighted by molar-refractivity contribution is -0.133. The number of nitrogens with one attached hydrogen (secondary N) is 1. The van der Waals surface area contributed by atoms with Crippen LogP contribution in [0.1, 0.15) is 0 Å². The average Bonchev–Trinajstić information content (AvgIpc) is 2.58. The molecule has 0 spiro atoms. The van der Waals surface area contributed by atoms with E-state index in [0.29, 0.717) is 4.66 Å². The smallest absolute Gasteiger partial charge is 0.332 e. The van der Waals surface area contributed by atoms with Gasteiger partial charge in [0.25, 0.3) is 5.56 Å². The molecule has 0 aliphatic heterocycles. The maximum atomic E-state index is 11.4. The molecule has 7 heteroatoms. The minimum Gasteiger partial charge on any atom is -0.466 e. The molecular formula is C10H12N2O4S. The largest absolute Gasteiger partial charge is 0.466 e. The van der Waals surface area contributed by atoms with Gasteiger partial charge in [-0.1, -0.05) is 0 Å². The summed E-state index contributed by atoms with van der Waals surface area (Å²) in [6.45, 7) is 0. The first-order valence-corrected chi connectivity index (χ1v) is 5.47. The third-order valence-electron chi connectivity index (χ3n) is 1.83. The van der Waals surface area contributed by atoms with Crippen molar-refractivity contribution < 1.29 is 14.3 Å². The number of hydrogen-bond acceptors (Lipinski definition) is 5. The van der Waals surface area contributed by atoms with Crippen LogP contribution in [0, 0.1) is 0 Å². The lowest BCUT2D eigenvalue weighted by Crippen LogP contribution is -2.23. The van der Waals surface area contributed by atoms with Crippen LogP contribution >= 0.6 is 11.3 Å². The van der Waals surface area contributed by atoms with Gasteiger partial charge in [0.15, 0.2) is 0 Å². The van der Waals surface area contributed by atoms with Gasteiger partial charge in [-0.25, -0.2) is 4.79 Å². The van der Waals surface area contributed by atoms with Crippen LogP contribution in [0.2, 0.25) is 0 Å². The van der Waals surface area contributed by atoms with Crippen molar-refractivity contribution in [1.82, 2.24) is 9.88 Å². The van der Waals surface area contributed by atoms with Crippen LogP contribution in [0.4, 0.5) is 0 Å². The average molecular weight is 256 g/mol. The van der Waals surface area contributed by atoms with E-state index in [1.165, 1.54) is 18.1 Å². The second-order valence-corrected chi connectivity index (χ2v) is 4.41. The van der Waals surface area contributed by atoms with Crippen molar-refractivity contribution >= 4 is 35.4 Å². The van der Waals surface area contributed by atoms with Crippen molar-refractivity contribution in [2.45, 2.75) is 0 Å². The molecule has 1 heterocycles. The molecule has 1 aromatic rings. The van der Waals surface area contributed by atoms with Gasteiger partial charge in [0.2, 0.25) is 5.91 Å². The van der Waals surface area contributed by atoms with Gasteiger partial charge in [-0.05, 0) is 0 Å². The highest BCUT2D eigenvalue weighted by atomic mass is 32.1. The third kappa shape index (κ3) is 3.56. The first kappa shape index (κ1) is 13.2. The minimum absolute atomic E-state index is 0.203. The Balaban J connectivity index is 3.22. The number of hydrogen-bond donors (Lipinski definition) is 1. The molecule has 0 atom stereocenters. The number of thiazole rings is 1. The summed E-state index contributed by atoms with van der Waals surface area (Å²) in [5.74, 6) is -0.852. The molecule has 1 N–H and O–H groups in total. The second kappa shape index (κ2) is 5.44. The molecule has 1 amide bonds. The Hall–Kier alpha value is -1.89. The highest BCUT2D eigenvalue weighted by Crippen LogP contribution is 1.81. The van der Waals surface area contributed by atoms with Crippen LogP contribution in [0.5, 0.6) is 0 Å². The van der Waals surface area contributed by atoms with Gasteiger partial charge in [0, 0.05) is 26.2 Å². The maximum Gasteiger partial charge on any atom is 0.332 e. The summed E-state index contributed by atoms with van der Waals surface area (Å²) in [5.41, 5.74) is -0.418. The summed E-state index contributed by atoms with van der Waals surface area (Å²) in [6.07, 6.45) is 2.38. The molecule has 1 rings (SSSR count). The normalized spacial score (nSPS) is 12.6. The van der Waals surface area contributed by atoms with E-state index in [1.54, 1.807) is 14.1 Å². The topological polar surface area (TPSA) is 79.5 Å². The maximum absolute atomic E-state index is 11.4. The van der Waals surface area contributed by atoms with E-state index in [4.69, 9.17) is 0 Å². The minimum atomic E-state index is -0.608. The molecule has 1 aromatic heterocycles. The summed E-state index contributed by atoms with van der Waals surface area (Å²) < 4.78 is 5.01. The summed E-state index contributed by atoms with van der Waals surface area (Å²) in [7, 11) is 4.43. The van der Waals surface area contributed by atoms with E-state index in [-0.39, 0.29) is 10.4 Å². The fourth-order valence-corrected chi connectivity index (χ4v) is 1.77. The Kier molecular flexibility index (Phi) is 4.22. The van der Waals surface area contributed by atoms with Gasteiger partial charge in [-0.2, -0.15) is 0 Å². The molecule has 17 heavy (non-hydrogen) atoms. The first-order valence-electron chi connectivity index (χ1n) is 4.66. The Labute approximate surface area is 101 Å². The Morgan fingerprint density at radius 3 is 2.53 bits per heavy atom. The molecule has 0 radical (unpaired) electrons. The molecule has 0 saturated heterocycles. The number of amides is 1. The molecular weight excluding hydrogens is 244 g/mol. The van der Waals surface area contributed by atoms with E-state index in [2.05, 4.69) is 9.72 Å². The second-order valence-electron chi connectivity index (χ2n) is 3.33. The van der Waals surface area contributed by atoms with Gasteiger partial charge in [-0.15, -0.1) is 11.3 Å². The van der Waals surface area contributed by atoms with Gasteiger partial charge in [0.05, 0.1) is 7.11 Å². The number of ether oxygens (including phenoxy) is 1. The van der Waals surface area contributed by atoms with E-state index in [1.807, 2.05) is 0 Å². The lowest BCUT2D eigenvalue weighted by atomic mass is 10.5. The van der Waals surface area contributed by atoms with Gasteiger partial charge < -0.3 is 14.6 Å². The van der Waals surface area contributed by atoms with Gasteiger partial charge in [0.1, 0.15) is 9.20 Å². The van der Waals surface area contributed by atoms with Crippen LogP contribution in [0.25, 0.3) is 12.2 Å². The van der Waals surface area contributed by atoms with Gasteiger partial charge >= 0.3 is 5.97 Å². The van der Waals surface area contributed by atoms with Crippen molar-refractivity contribution in [3.05, 3.63) is 19.5 Å². The number of H-pyrrole nitrogens is 1. The molecule has 0 bridgehead atoms. The highest BCUT2D eigenvalue weighted by Gasteiger charge is 2.02. The Morgan fingerprint density at radius 1 is 1.35 bits per heavy atom. The van der Waals surface area contributed by atoms with Crippen LogP contribution < -0.4 is 14.8 Å². The van der Waals surface area contributed by atoms with E-state index in [9.17, 15) is 14.4 Å². The summed E-state index contributed by atoms with van der Waals surface area (Å²) in [5, 5.41) is 0. The zero-order chi connectivity index (χ0) is 13.0. The molecule has 0 fully saturated rings. The van der Waals surface area contributed by atoms with Gasteiger partial charge in [-0.3, -0.25) is 9.59 Å². The lowest BCUT2D eigenvalue weighted by Gasteiger charge is -2.03. The zero-order valence-electron chi connectivity index (χ0n) is 9.64. The van der Waals surface area contributed by atoms with Crippen molar-refractivity contribution in [2.75, 3.05) is 21.2 Å². The molecule has 0 aromatic carbocycles. The number of aromatic nitrogens is 1. The first-order chi connectivity index (χ1) is 7.93. The summed E-state index contributed by atoms with van der Waals surface area (Å²) in [6, 6.07) is 0. The standard InChI is InChI=1S/C10H12N2O4S/c1-12(2)8(13)5-7-11-10(15)6(17-7)4-9(14)16-3/h4-5H,1-3H3,(H,11,15). The van der Waals surface area contributed by atoms with Crippen molar-refractivity contribution in [3.8, 4) is 0 Å². The molecule has 0 saturated carbocycles. The van der Waals surface area contributed by atoms with Crippen LogP contribution in [-0.4, -0.2) is 43.0 Å². The Bertz CT molecular complexity index is 597. The van der Waals surface area contributed by atoms with E-state index in [0.717, 1.165) is 17.4 Å². The predicted molar refractivity (Wildman–Crippen MR) is 63.8 cm³/mol. The van der Waals surface area contributed by atoms with Crippen molar-refractivity contribution in [2.24, 2.45) is 0 Å². The molecule has 0 aliphatic carbocycles. The summed E-state index contributed by atoms with van der Waals surface area (Å²) >= 11 is 1.02. The molecule has 0 aliphatic rings. The SMILES string of the molecule is COC(=O)C=c1sc(=CC(=O)N(C)C)[nH]c1=O. The fraction of sp³-hybridized carbons (Fsp3) is 0.300. The van der Waals surface area contributed by atoms with Crippen LogP contribution in [-0.2, 0) is 14.3 Å². The van der Waals surface area contributed by atoms with Crippen LogP contribution in [0.3, 0.4) is 0 Å². The quantitative estimate of drug-likeness (QED) is 0.637. The number of rotatable bonds is 2. The van der Waals surface area contributed by atoms with E-state index >= 15 is 0 Å². The van der Waals surface area contributed by atoms with E-state index < -0.39 is 11.5 Å². The number of carbonyl (C=O) groups excluding carboxylic acids is 2. The zero-order valence-corrected chi connectivity index (χ0v) is 10.5. The number of nitrogens with zero attached hydrogens (tertiary/aromatic N) is 1. The molecule has 0 unspecified atom stereocenters. The molecule has 92 valence electrons. The number of methoxy groups -OCH3 is 1. The fourth-order valence-electron chi connectivity index (χ4n) is 0.932. The number of aromatic amines is 1. The van der Waals surface area contributed by atoms with Crippen LogP contribution in [0.15, 0.2) is 4.79 Å². The number of carbonyl (C=O) groups is 2. The predicted octanol–water partition coefficient (Wildman–Crippen LogP) is -1.74.